The zero-order chi connectivity index (χ0) is 21.1. The summed E-state index contributed by atoms with van der Waals surface area (Å²) in [7, 11) is 0. The smallest absolute Gasteiger partial charge is 0.290 e. The Hall–Kier alpha value is -2.97. The zero-order valence-corrected chi connectivity index (χ0v) is 16.4. The minimum absolute atomic E-state index is 0.0131. The summed E-state index contributed by atoms with van der Waals surface area (Å²) in [5.41, 5.74) is 0.00241. The predicted octanol–water partition coefficient (Wildman–Crippen LogP) is 2.72. The first-order chi connectivity index (χ1) is 14.6. The highest BCUT2D eigenvalue weighted by Crippen LogP contribution is 2.40. The van der Waals surface area contributed by atoms with Crippen LogP contribution in [-0.2, 0) is 9.53 Å². The largest absolute Gasteiger partial charge is 0.503 e. The van der Waals surface area contributed by atoms with E-state index in [1.54, 1.807) is 12.1 Å². The van der Waals surface area contributed by atoms with Crippen LogP contribution in [0.25, 0.3) is 0 Å². The molecular weight excluding hydrogens is 391 g/mol. The average molecular weight is 414 g/mol. The lowest BCUT2D eigenvalue weighted by Crippen LogP contribution is -2.39. The Kier molecular flexibility index (Phi) is 5.96. The quantitative estimate of drug-likeness (QED) is 0.702. The minimum atomic E-state index is -1.01. The monoisotopic (exact) mass is 414 g/mol. The van der Waals surface area contributed by atoms with Gasteiger partial charge in [-0.1, -0.05) is 18.2 Å². The molecule has 0 bridgehead atoms. The number of furan rings is 1. The third-order valence-electron chi connectivity index (χ3n) is 5.47. The maximum absolute atomic E-state index is 14.7. The lowest BCUT2D eigenvalue weighted by Gasteiger charge is -2.30. The molecule has 2 aliphatic rings. The highest BCUT2D eigenvalue weighted by molar-refractivity contribution is 6.15. The van der Waals surface area contributed by atoms with Crippen molar-refractivity contribution in [2.45, 2.75) is 12.5 Å². The number of hydrogen-bond donors (Lipinski definition) is 1. The van der Waals surface area contributed by atoms with Crippen molar-refractivity contribution in [1.82, 2.24) is 9.80 Å². The summed E-state index contributed by atoms with van der Waals surface area (Å²) in [6.45, 7) is 3.98. The molecule has 1 fully saturated rings. The molecule has 7 nitrogen and oxygen atoms in total. The van der Waals surface area contributed by atoms with Gasteiger partial charge in [-0.15, -0.1) is 0 Å². The fourth-order valence-corrected chi connectivity index (χ4v) is 3.97. The van der Waals surface area contributed by atoms with Crippen LogP contribution < -0.4 is 0 Å². The van der Waals surface area contributed by atoms with Gasteiger partial charge in [0, 0.05) is 31.7 Å². The number of halogens is 1. The molecule has 0 radical (unpaired) electrons. The van der Waals surface area contributed by atoms with Crippen LogP contribution in [-0.4, -0.2) is 66.0 Å². The molecular formula is C22H23FN2O5. The zero-order valence-electron chi connectivity index (χ0n) is 16.4. The molecule has 158 valence electrons. The number of carbonyl (C=O) groups excluding carboxylic acids is 2. The van der Waals surface area contributed by atoms with Crippen LogP contribution in [0.1, 0.15) is 28.6 Å². The normalized spacial score (nSPS) is 20.2. The van der Waals surface area contributed by atoms with E-state index in [9.17, 15) is 19.1 Å². The van der Waals surface area contributed by atoms with E-state index in [0.29, 0.717) is 19.6 Å². The molecule has 1 aromatic carbocycles. The molecule has 1 aromatic heterocycles. The lowest BCUT2D eigenvalue weighted by atomic mass is 9.94. The van der Waals surface area contributed by atoms with Crippen LogP contribution in [0.4, 0.5) is 4.39 Å². The number of hydrogen-bond acceptors (Lipinski definition) is 6. The summed E-state index contributed by atoms with van der Waals surface area (Å²) in [6, 6.07) is 7.95. The first-order valence-corrected chi connectivity index (χ1v) is 9.94. The highest BCUT2D eigenvalue weighted by Gasteiger charge is 2.45. The molecule has 0 spiro atoms. The Bertz CT molecular complexity index is 950. The van der Waals surface area contributed by atoms with Crippen molar-refractivity contribution in [3.8, 4) is 0 Å². The van der Waals surface area contributed by atoms with Crippen molar-refractivity contribution in [2.75, 3.05) is 39.4 Å². The molecule has 0 saturated carbocycles. The van der Waals surface area contributed by atoms with Crippen LogP contribution in [0.2, 0.25) is 0 Å². The number of aliphatic hydroxyl groups excluding tert-OH is 1. The van der Waals surface area contributed by atoms with Crippen molar-refractivity contribution in [1.29, 1.82) is 0 Å². The molecule has 30 heavy (non-hydrogen) atoms. The van der Waals surface area contributed by atoms with E-state index in [0.717, 1.165) is 19.6 Å². The fraction of sp³-hybridized carbons (Fsp3) is 0.364. The Morgan fingerprint density at radius 1 is 1.13 bits per heavy atom. The van der Waals surface area contributed by atoms with E-state index in [1.165, 1.54) is 35.4 Å². The average Bonchev–Trinajstić information content (AvgIpc) is 3.38. The number of ether oxygens (including phenoxy) is 1. The minimum Gasteiger partial charge on any atom is -0.503 e. The lowest BCUT2D eigenvalue weighted by molar-refractivity contribution is -0.129. The van der Waals surface area contributed by atoms with Gasteiger partial charge in [0.05, 0.1) is 31.1 Å². The van der Waals surface area contributed by atoms with Crippen molar-refractivity contribution in [2.24, 2.45) is 0 Å². The number of ketones is 1. The van der Waals surface area contributed by atoms with Gasteiger partial charge in [-0.3, -0.25) is 14.5 Å². The van der Waals surface area contributed by atoms with Gasteiger partial charge in [-0.05, 0) is 24.6 Å². The standard InChI is InChI=1S/C22H23FN2O5/c23-16-6-2-1-5-15(16)19-18(20(26)17-7-3-12-30-17)21(27)22(28)25(19)9-4-8-24-10-13-29-14-11-24/h1-3,5-7,12,19,27H,4,8-11,13-14H2/t19-/m1/s1. The number of benzene rings is 1. The van der Waals surface area contributed by atoms with E-state index >= 15 is 0 Å². The molecule has 0 unspecified atom stereocenters. The summed E-state index contributed by atoms with van der Waals surface area (Å²) < 4.78 is 25.2. The first-order valence-electron chi connectivity index (χ1n) is 9.94. The van der Waals surface area contributed by atoms with Crippen LogP contribution in [0.3, 0.4) is 0 Å². The molecule has 1 N–H and O–H groups in total. The predicted molar refractivity (Wildman–Crippen MR) is 105 cm³/mol. The molecule has 1 amide bonds. The summed E-state index contributed by atoms with van der Waals surface area (Å²) in [4.78, 5) is 29.4. The molecule has 3 heterocycles. The van der Waals surface area contributed by atoms with Crippen LogP contribution in [0, 0.1) is 5.82 Å². The third kappa shape index (κ3) is 3.88. The van der Waals surface area contributed by atoms with Crippen molar-refractivity contribution in [3.05, 3.63) is 71.1 Å². The van der Waals surface area contributed by atoms with Gasteiger partial charge in [0.15, 0.2) is 11.5 Å². The van der Waals surface area contributed by atoms with Crippen LogP contribution in [0.5, 0.6) is 0 Å². The molecule has 1 atom stereocenters. The molecule has 4 rings (SSSR count). The highest BCUT2D eigenvalue weighted by atomic mass is 19.1. The van der Waals surface area contributed by atoms with Gasteiger partial charge < -0.3 is 19.2 Å². The Morgan fingerprint density at radius 2 is 1.90 bits per heavy atom. The number of amides is 1. The number of nitrogens with zero attached hydrogens (tertiary/aromatic N) is 2. The maximum Gasteiger partial charge on any atom is 0.290 e. The van der Waals surface area contributed by atoms with E-state index < -0.39 is 29.3 Å². The number of morpholine rings is 1. The second-order valence-electron chi connectivity index (χ2n) is 7.30. The fourth-order valence-electron chi connectivity index (χ4n) is 3.97. The number of aliphatic hydroxyl groups is 1. The SMILES string of the molecule is O=C(C1=C(O)C(=O)N(CCCN2CCOCC2)[C@@H]1c1ccccc1F)c1ccco1. The second kappa shape index (κ2) is 8.81. The molecule has 0 aliphatic carbocycles. The first kappa shape index (κ1) is 20.3. The maximum atomic E-state index is 14.7. The van der Waals surface area contributed by atoms with Crippen molar-refractivity contribution >= 4 is 11.7 Å². The number of rotatable bonds is 7. The third-order valence-corrected chi connectivity index (χ3v) is 5.47. The van der Waals surface area contributed by atoms with Gasteiger partial charge in [0.2, 0.25) is 5.78 Å². The summed E-state index contributed by atoms with van der Waals surface area (Å²) >= 11 is 0. The summed E-state index contributed by atoms with van der Waals surface area (Å²) in [6.07, 6.45) is 1.95. The molecule has 2 aromatic rings. The molecule has 2 aliphatic heterocycles. The Labute approximate surface area is 173 Å². The Balaban J connectivity index is 1.61. The second-order valence-corrected chi connectivity index (χ2v) is 7.30. The Morgan fingerprint density at radius 3 is 2.60 bits per heavy atom. The van der Waals surface area contributed by atoms with E-state index in [4.69, 9.17) is 9.15 Å². The van der Waals surface area contributed by atoms with Gasteiger partial charge in [-0.2, -0.15) is 0 Å². The topological polar surface area (TPSA) is 83.2 Å². The van der Waals surface area contributed by atoms with Crippen molar-refractivity contribution in [3.63, 3.8) is 0 Å². The van der Waals surface area contributed by atoms with Crippen LogP contribution in [0.15, 0.2) is 58.4 Å². The van der Waals surface area contributed by atoms with Gasteiger partial charge >= 0.3 is 0 Å². The number of Topliss-reactive ketones (excluding diaryl/α,β-unsaturated/α-hetero) is 1. The van der Waals surface area contributed by atoms with E-state index in [1.807, 2.05) is 0 Å². The van der Waals surface area contributed by atoms with Crippen molar-refractivity contribution < 1.29 is 28.2 Å². The van der Waals surface area contributed by atoms with E-state index in [-0.39, 0.29) is 23.4 Å². The number of carbonyl (C=O) groups is 2. The van der Waals surface area contributed by atoms with Gasteiger partial charge in [0.25, 0.3) is 5.91 Å². The van der Waals surface area contributed by atoms with Crippen LogP contribution >= 0.6 is 0 Å². The molecule has 1 saturated heterocycles. The van der Waals surface area contributed by atoms with Gasteiger partial charge in [-0.25, -0.2) is 4.39 Å². The van der Waals surface area contributed by atoms with E-state index in [2.05, 4.69) is 4.90 Å². The van der Waals surface area contributed by atoms with Gasteiger partial charge in [0.1, 0.15) is 5.82 Å². The summed E-state index contributed by atoms with van der Waals surface area (Å²) in [5.74, 6) is -2.53. The summed E-state index contributed by atoms with van der Waals surface area (Å²) in [5, 5.41) is 10.5. The molecule has 8 heteroatoms.